The molecule has 0 heterocycles. The maximum atomic E-state index is 11.4. The molecule has 0 rings (SSSR count). The largest absolute Gasteiger partial charge is 0.481 e. The molecule has 0 aliphatic rings. The van der Waals surface area contributed by atoms with Crippen LogP contribution in [0, 0.1) is 0 Å². The highest BCUT2D eigenvalue weighted by molar-refractivity contribution is 5.90. The van der Waals surface area contributed by atoms with Crippen LogP contribution >= 0.6 is 0 Å². The van der Waals surface area contributed by atoms with Gasteiger partial charge in [0.1, 0.15) is 0 Å². The molecule has 0 spiro atoms. The summed E-state index contributed by atoms with van der Waals surface area (Å²) in [4.78, 5) is 21.7. The van der Waals surface area contributed by atoms with Crippen molar-refractivity contribution in [1.29, 1.82) is 0 Å². The third kappa shape index (κ3) is 16.4. The molecule has 0 aromatic carbocycles. The number of carboxylic acid groups (broad SMARTS) is 1. The van der Waals surface area contributed by atoms with Gasteiger partial charge in [-0.05, 0) is 25.3 Å². The third-order valence-corrected chi connectivity index (χ3v) is 3.14. The Bertz CT molecular complexity index is 526. The van der Waals surface area contributed by atoms with Gasteiger partial charge in [-0.15, -0.1) is 0 Å². The van der Waals surface area contributed by atoms with Crippen molar-refractivity contribution < 1.29 is 24.9 Å². The van der Waals surface area contributed by atoms with Gasteiger partial charge in [-0.2, -0.15) is 0 Å². The van der Waals surface area contributed by atoms with Crippen molar-refractivity contribution >= 4 is 11.8 Å². The number of aliphatic hydroxyl groups is 2. The first-order valence-electron chi connectivity index (χ1n) is 8.41. The average Bonchev–Trinajstić information content (AvgIpc) is 2.57. The van der Waals surface area contributed by atoms with Crippen LogP contribution in [-0.4, -0.2) is 39.3 Å². The van der Waals surface area contributed by atoms with Crippen LogP contribution in [0.1, 0.15) is 39.0 Å². The summed E-state index contributed by atoms with van der Waals surface area (Å²) in [6, 6.07) is 0. The molecule has 0 saturated heterocycles. The number of aliphatic hydroxyl groups excluding tert-OH is 2. The molecule has 0 aliphatic heterocycles. The zero-order valence-electron chi connectivity index (χ0n) is 14.6. The molecule has 3 N–H and O–H groups in total. The Morgan fingerprint density at radius 2 is 1.52 bits per heavy atom. The molecule has 0 fully saturated rings. The Balaban J connectivity index is 3.97. The lowest BCUT2D eigenvalue weighted by atomic mass is 10.1. The minimum Gasteiger partial charge on any atom is -0.481 e. The monoisotopic (exact) mass is 348 g/mol. The molecule has 0 aromatic rings. The van der Waals surface area contributed by atoms with E-state index in [0.717, 1.165) is 0 Å². The van der Waals surface area contributed by atoms with Gasteiger partial charge in [-0.1, -0.05) is 61.6 Å². The van der Waals surface area contributed by atoms with Crippen LogP contribution in [0.4, 0.5) is 0 Å². The smallest absolute Gasteiger partial charge is 0.303 e. The summed E-state index contributed by atoms with van der Waals surface area (Å²) in [6.07, 6.45) is 17.4. The highest BCUT2D eigenvalue weighted by atomic mass is 16.4. The van der Waals surface area contributed by atoms with Crippen molar-refractivity contribution in [3.8, 4) is 0 Å². The topological polar surface area (TPSA) is 94.8 Å². The summed E-state index contributed by atoms with van der Waals surface area (Å²) in [7, 11) is 0. The fourth-order valence-electron chi connectivity index (χ4n) is 1.68. The number of aliphatic carboxylic acids is 1. The van der Waals surface area contributed by atoms with Gasteiger partial charge in [-0.25, -0.2) is 0 Å². The van der Waals surface area contributed by atoms with E-state index in [1.807, 2.05) is 13.0 Å². The maximum Gasteiger partial charge on any atom is 0.303 e. The molecule has 0 saturated carbocycles. The number of hydrogen-bond acceptors (Lipinski definition) is 4. The van der Waals surface area contributed by atoms with E-state index in [-0.39, 0.29) is 18.6 Å². The van der Waals surface area contributed by atoms with Crippen LogP contribution in [0.25, 0.3) is 0 Å². The number of rotatable bonds is 13. The summed E-state index contributed by atoms with van der Waals surface area (Å²) in [5, 5.41) is 27.5. The molecular formula is C20H28O5. The van der Waals surface area contributed by atoms with Gasteiger partial charge < -0.3 is 15.3 Å². The van der Waals surface area contributed by atoms with Gasteiger partial charge in [0.15, 0.2) is 5.78 Å². The second-order valence-corrected chi connectivity index (χ2v) is 5.43. The lowest BCUT2D eigenvalue weighted by molar-refractivity contribution is -0.137. The first-order valence-corrected chi connectivity index (χ1v) is 8.41. The van der Waals surface area contributed by atoms with Gasteiger partial charge in [0.25, 0.3) is 0 Å². The van der Waals surface area contributed by atoms with Gasteiger partial charge in [0.05, 0.1) is 12.2 Å². The Hall–Kier alpha value is -2.24. The van der Waals surface area contributed by atoms with Gasteiger partial charge >= 0.3 is 5.97 Å². The zero-order valence-corrected chi connectivity index (χ0v) is 14.6. The number of carbonyl (C=O) groups excluding carboxylic acids is 1. The lowest BCUT2D eigenvalue weighted by Gasteiger charge is -1.99. The van der Waals surface area contributed by atoms with Crippen molar-refractivity contribution in [1.82, 2.24) is 0 Å². The van der Waals surface area contributed by atoms with Gasteiger partial charge in [0.2, 0.25) is 0 Å². The van der Waals surface area contributed by atoms with E-state index < -0.39 is 18.2 Å². The first-order chi connectivity index (χ1) is 12.0. The Morgan fingerprint density at radius 1 is 0.880 bits per heavy atom. The fraction of sp³-hybridized carbons (Fsp3) is 0.400. The lowest BCUT2D eigenvalue weighted by Crippen LogP contribution is -1.99. The summed E-state index contributed by atoms with van der Waals surface area (Å²) >= 11 is 0. The molecule has 5 heteroatoms. The minimum atomic E-state index is -0.898. The molecule has 0 aliphatic carbocycles. The normalized spacial score (nSPS) is 15.2. The maximum absolute atomic E-state index is 11.4. The number of ketones is 1. The Morgan fingerprint density at radius 3 is 2.20 bits per heavy atom. The molecule has 2 atom stereocenters. The van der Waals surface area contributed by atoms with Crippen LogP contribution in [0.15, 0.2) is 60.8 Å². The van der Waals surface area contributed by atoms with E-state index in [9.17, 15) is 19.8 Å². The van der Waals surface area contributed by atoms with E-state index in [4.69, 9.17) is 5.11 Å². The van der Waals surface area contributed by atoms with E-state index >= 15 is 0 Å². The molecular weight excluding hydrogens is 320 g/mol. The summed E-state index contributed by atoms with van der Waals surface area (Å²) in [6.45, 7) is 1.89. The van der Waals surface area contributed by atoms with Gasteiger partial charge in [0, 0.05) is 12.8 Å². The van der Waals surface area contributed by atoms with E-state index in [1.165, 1.54) is 6.08 Å². The highest BCUT2D eigenvalue weighted by Gasteiger charge is 1.99. The number of allylic oxidation sites excluding steroid dienone is 7. The van der Waals surface area contributed by atoms with Crippen molar-refractivity contribution in [3.05, 3.63) is 60.8 Å². The Kier molecular flexibility index (Phi) is 13.9. The summed E-state index contributed by atoms with van der Waals surface area (Å²) in [5.41, 5.74) is 0. The molecule has 25 heavy (non-hydrogen) atoms. The van der Waals surface area contributed by atoms with Crippen molar-refractivity contribution in [2.45, 2.75) is 51.2 Å². The molecule has 0 amide bonds. The first kappa shape index (κ1) is 22.8. The number of carboxylic acids is 1. The predicted molar refractivity (Wildman–Crippen MR) is 99.1 cm³/mol. The highest BCUT2D eigenvalue weighted by Crippen LogP contribution is 1.99. The van der Waals surface area contributed by atoms with Crippen molar-refractivity contribution in [2.24, 2.45) is 0 Å². The standard InChI is InChI=1S/C20H28O5/c1-2-17(21)11-8-5-9-14-18(22)12-6-3-4-7-13-19(23)15-10-16-20(24)25/h3-9,11-13,17-18,21-22H,2,10,14-16H2,1H3,(H,24,25)/t17?,18-/m0/s1. The van der Waals surface area contributed by atoms with Crippen LogP contribution < -0.4 is 0 Å². The molecule has 5 nitrogen and oxygen atoms in total. The van der Waals surface area contributed by atoms with Crippen LogP contribution in [-0.2, 0) is 9.59 Å². The molecule has 1 unspecified atom stereocenters. The van der Waals surface area contributed by atoms with Crippen molar-refractivity contribution in [2.75, 3.05) is 0 Å². The molecule has 0 radical (unpaired) electrons. The fourth-order valence-corrected chi connectivity index (χ4v) is 1.68. The predicted octanol–water partition coefficient (Wildman–Crippen LogP) is 3.11. The van der Waals surface area contributed by atoms with E-state index in [2.05, 4.69) is 0 Å². The summed E-state index contributed by atoms with van der Waals surface area (Å²) < 4.78 is 0. The van der Waals surface area contributed by atoms with Crippen LogP contribution in [0.2, 0.25) is 0 Å². The number of carbonyl (C=O) groups is 2. The SMILES string of the molecule is CCC(O)C=CC=CC[C@@H](O)C=CC=CC=CC(=O)CCCC(=O)O. The number of hydrogen-bond donors (Lipinski definition) is 3. The minimum absolute atomic E-state index is 0.000528. The van der Waals surface area contributed by atoms with Crippen LogP contribution in [0.5, 0.6) is 0 Å². The second kappa shape index (κ2) is 15.3. The van der Waals surface area contributed by atoms with Gasteiger partial charge in [-0.3, -0.25) is 9.59 Å². The van der Waals surface area contributed by atoms with Crippen molar-refractivity contribution in [3.63, 3.8) is 0 Å². The molecule has 0 bridgehead atoms. The quantitative estimate of drug-likeness (QED) is 0.351. The molecule has 138 valence electrons. The van der Waals surface area contributed by atoms with E-state index in [0.29, 0.717) is 19.3 Å². The van der Waals surface area contributed by atoms with E-state index in [1.54, 1.807) is 48.6 Å². The van der Waals surface area contributed by atoms with Crippen LogP contribution in [0.3, 0.4) is 0 Å². The second-order valence-electron chi connectivity index (χ2n) is 5.43. The summed E-state index contributed by atoms with van der Waals surface area (Å²) in [5.74, 6) is -1.01. The zero-order chi connectivity index (χ0) is 18.9. The average molecular weight is 348 g/mol. The Labute approximate surface area is 149 Å². The molecule has 0 aromatic heterocycles. The third-order valence-electron chi connectivity index (χ3n) is 3.14.